The number of anilines is 3. The summed E-state index contributed by atoms with van der Waals surface area (Å²) in [6, 6.07) is 35.3. The van der Waals surface area contributed by atoms with Crippen LogP contribution in [0, 0.1) is 0 Å². The Morgan fingerprint density at radius 1 is 0.556 bits per heavy atom. The summed E-state index contributed by atoms with van der Waals surface area (Å²) in [7, 11) is 0. The lowest BCUT2D eigenvalue weighted by Gasteiger charge is -2.46. The van der Waals surface area contributed by atoms with Crippen molar-refractivity contribution >= 4 is 40.2 Å². The van der Waals surface area contributed by atoms with Crippen LogP contribution in [-0.4, -0.2) is 6.71 Å². The van der Waals surface area contributed by atoms with E-state index < -0.39 is 0 Å². The number of ether oxygens (including phenoxy) is 2. The lowest BCUT2D eigenvalue weighted by molar-refractivity contribution is 0.318. The maximum absolute atomic E-state index is 7.41. The van der Waals surface area contributed by atoms with Crippen LogP contribution in [0.5, 0.6) is 23.0 Å². The van der Waals surface area contributed by atoms with Crippen molar-refractivity contribution in [3.8, 4) is 23.0 Å². The van der Waals surface area contributed by atoms with Gasteiger partial charge in [0.25, 0.3) is 6.71 Å². The molecule has 1 aliphatic carbocycles. The molecule has 45 heavy (non-hydrogen) atoms. The fourth-order valence-electron chi connectivity index (χ4n) is 8.70. The van der Waals surface area contributed by atoms with Crippen molar-refractivity contribution in [2.75, 3.05) is 4.90 Å². The van der Waals surface area contributed by atoms with E-state index in [1.807, 2.05) is 0 Å². The van der Waals surface area contributed by atoms with Crippen LogP contribution in [0.15, 0.2) is 97.1 Å². The highest BCUT2D eigenvalue weighted by atomic mass is 16.5. The first kappa shape index (κ1) is 26.9. The molecule has 3 aliphatic heterocycles. The van der Waals surface area contributed by atoms with Crippen molar-refractivity contribution in [3.05, 3.63) is 119 Å². The Morgan fingerprint density at radius 2 is 1.16 bits per heavy atom. The molecule has 0 bridgehead atoms. The first-order chi connectivity index (χ1) is 21.6. The van der Waals surface area contributed by atoms with Gasteiger partial charge in [0, 0.05) is 16.4 Å². The van der Waals surface area contributed by atoms with Gasteiger partial charge < -0.3 is 14.4 Å². The molecule has 0 spiro atoms. The van der Waals surface area contributed by atoms with E-state index in [1.165, 1.54) is 50.0 Å². The lowest BCUT2D eigenvalue weighted by atomic mass is 9.34. The molecule has 0 N–H and O–H groups in total. The smallest absolute Gasteiger partial charge is 0.260 e. The van der Waals surface area contributed by atoms with Crippen LogP contribution in [-0.2, 0) is 16.2 Å². The molecule has 4 aliphatic rings. The van der Waals surface area contributed by atoms with Crippen LogP contribution in [0.1, 0.15) is 76.6 Å². The van der Waals surface area contributed by atoms with E-state index in [9.17, 15) is 0 Å². The monoisotopic (exact) mass is 587 g/mol. The standard InChI is InChI=1S/C41H38BNO2/c1-39(2)22-23-40(3,4)35-27(39)24-34-36-38(35)45-37-29(42(36)28-16-9-12-21-33(28)44-34)17-13-20-32(37)43-30-18-10-7-14-25(30)41(5,6)26-15-8-11-19-31(26)43/h7-21,24H,22-23H2,1-6H3. The molecule has 0 unspecified atom stereocenters. The Bertz CT molecular complexity index is 2020. The number of hydrogen-bond acceptors (Lipinski definition) is 3. The summed E-state index contributed by atoms with van der Waals surface area (Å²) in [6.45, 7) is 14.2. The molecule has 0 fully saturated rings. The van der Waals surface area contributed by atoms with Gasteiger partial charge in [0.05, 0.1) is 17.1 Å². The Hall–Kier alpha value is -4.44. The number of hydrogen-bond donors (Lipinski definition) is 0. The Labute approximate surface area is 266 Å². The summed E-state index contributed by atoms with van der Waals surface area (Å²) in [4.78, 5) is 2.44. The largest absolute Gasteiger partial charge is 0.458 e. The second kappa shape index (κ2) is 8.84. The van der Waals surface area contributed by atoms with E-state index in [1.54, 1.807) is 0 Å². The van der Waals surface area contributed by atoms with E-state index in [4.69, 9.17) is 9.47 Å². The molecular weight excluding hydrogens is 549 g/mol. The van der Waals surface area contributed by atoms with Crippen molar-refractivity contribution in [1.82, 2.24) is 0 Å². The first-order valence-corrected chi connectivity index (χ1v) is 16.4. The summed E-state index contributed by atoms with van der Waals surface area (Å²) in [5.74, 6) is 3.81. The summed E-state index contributed by atoms with van der Waals surface area (Å²) in [6.07, 6.45) is 2.24. The lowest BCUT2D eigenvalue weighted by Crippen LogP contribution is -2.58. The molecule has 0 radical (unpaired) electrons. The van der Waals surface area contributed by atoms with E-state index in [2.05, 4.69) is 144 Å². The number of benzene rings is 5. The van der Waals surface area contributed by atoms with Crippen LogP contribution in [0.25, 0.3) is 0 Å². The fourth-order valence-corrected chi connectivity index (χ4v) is 8.70. The van der Waals surface area contributed by atoms with E-state index in [0.717, 1.165) is 41.5 Å². The molecule has 222 valence electrons. The zero-order chi connectivity index (χ0) is 30.9. The zero-order valence-corrected chi connectivity index (χ0v) is 27.0. The second-order valence-electron chi connectivity index (χ2n) is 15.2. The molecule has 5 aromatic rings. The van der Waals surface area contributed by atoms with Gasteiger partial charge in [0.15, 0.2) is 0 Å². The molecule has 0 aromatic heterocycles. The Balaban J connectivity index is 1.36. The normalized spacial score (nSPS) is 18.6. The molecule has 9 rings (SSSR count). The third-order valence-electron chi connectivity index (χ3n) is 11.2. The van der Waals surface area contributed by atoms with Crippen molar-refractivity contribution in [1.29, 1.82) is 0 Å². The summed E-state index contributed by atoms with van der Waals surface area (Å²) < 4.78 is 14.2. The third-order valence-corrected chi connectivity index (χ3v) is 11.2. The van der Waals surface area contributed by atoms with Crippen molar-refractivity contribution in [2.24, 2.45) is 0 Å². The Morgan fingerprint density at radius 3 is 1.89 bits per heavy atom. The van der Waals surface area contributed by atoms with Gasteiger partial charge in [-0.3, -0.25) is 0 Å². The maximum atomic E-state index is 7.41. The van der Waals surface area contributed by atoms with Gasteiger partial charge in [-0.15, -0.1) is 0 Å². The van der Waals surface area contributed by atoms with Crippen LogP contribution in [0.2, 0.25) is 0 Å². The molecule has 4 heteroatoms. The van der Waals surface area contributed by atoms with Gasteiger partial charge in [-0.1, -0.05) is 108 Å². The minimum Gasteiger partial charge on any atom is -0.458 e. The van der Waals surface area contributed by atoms with E-state index >= 15 is 0 Å². The van der Waals surface area contributed by atoms with Gasteiger partial charge in [-0.25, -0.2) is 0 Å². The van der Waals surface area contributed by atoms with E-state index in [-0.39, 0.29) is 23.0 Å². The highest BCUT2D eigenvalue weighted by Gasteiger charge is 2.48. The topological polar surface area (TPSA) is 21.7 Å². The highest BCUT2D eigenvalue weighted by molar-refractivity contribution is 6.98. The molecule has 0 saturated carbocycles. The summed E-state index contributed by atoms with van der Waals surface area (Å²) >= 11 is 0. The number of nitrogens with zero attached hydrogens (tertiary/aromatic N) is 1. The molecular formula is C41H38BNO2. The first-order valence-electron chi connectivity index (χ1n) is 16.4. The predicted octanol–water partition coefficient (Wildman–Crippen LogP) is 8.87. The van der Waals surface area contributed by atoms with Gasteiger partial charge in [0.1, 0.15) is 23.0 Å². The SMILES string of the molecule is CC1(C)CCC(C)(C)c2c1cc1c3c2Oc2c(cccc2N2c4ccccc4C(C)(C)c4ccccc42)B3c2ccccc2O1. The molecule has 0 amide bonds. The molecule has 3 nitrogen and oxygen atoms in total. The third kappa shape index (κ3) is 3.54. The van der Waals surface area contributed by atoms with Gasteiger partial charge in [-0.05, 0) is 81.6 Å². The zero-order valence-electron chi connectivity index (χ0n) is 27.0. The molecule has 0 atom stereocenters. The van der Waals surface area contributed by atoms with Gasteiger partial charge in [0.2, 0.25) is 0 Å². The van der Waals surface area contributed by atoms with Crippen LogP contribution < -0.4 is 30.8 Å². The average Bonchev–Trinajstić information content (AvgIpc) is 3.03. The fraction of sp³-hybridized carbons (Fsp3) is 0.268. The van der Waals surface area contributed by atoms with Crippen molar-refractivity contribution < 1.29 is 9.47 Å². The van der Waals surface area contributed by atoms with Crippen LogP contribution in [0.3, 0.4) is 0 Å². The minimum absolute atomic E-state index is 0.0153. The Kier molecular flexibility index (Phi) is 5.29. The molecule has 3 heterocycles. The van der Waals surface area contributed by atoms with Crippen LogP contribution >= 0.6 is 0 Å². The summed E-state index contributed by atoms with van der Waals surface area (Å²) in [5, 5.41) is 0. The molecule has 5 aromatic carbocycles. The van der Waals surface area contributed by atoms with E-state index in [0.29, 0.717) is 0 Å². The quantitative estimate of drug-likeness (QED) is 0.179. The number of rotatable bonds is 1. The predicted molar refractivity (Wildman–Crippen MR) is 186 cm³/mol. The second-order valence-corrected chi connectivity index (χ2v) is 15.2. The highest BCUT2D eigenvalue weighted by Crippen LogP contribution is 2.56. The van der Waals surface area contributed by atoms with Gasteiger partial charge in [-0.2, -0.15) is 0 Å². The van der Waals surface area contributed by atoms with Crippen LogP contribution in [0.4, 0.5) is 17.1 Å². The average molecular weight is 588 g/mol. The summed E-state index contributed by atoms with van der Waals surface area (Å²) in [5.41, 5.74) is 12.2. The maximum Gasteiger partial charge on any atom is 0.260 e. The number of para-hydroxylation sites is 4. The van der Waals surface area contributed by atoms with Crippen molar-refractivity contribution in [3.63, 3.8) is 0 Å². The van der Waals surface area contributed by atoms with Gasteiger partial charge >= 0.3 is 0 Å². The molecule has 0 saturated heterocycles. The minimum atomic E-state index is -0.130. The van der Waals surface area contributed by atoms with Crippen molar-refractivity contribution in [2.45, 2.75) is 70.6 Å². The number of fused-ring (bicyclic) bond motifs is 8.